The van der Waals surface area contributed by atoms with Gasteiger partial charge in [-0.1, -0.05) is 43.9 Å². The van der Waals surface area contributed by atoms with Gasteiger partial charge in [-0.15, -0.1) is 0 Å². The smallest absolute Gasteiger partial charge is 0.142 e. The van der Waals surface area contributed by atoms with Crippen LogP contribution >= 0.6 is 11.6 Å². The molecule has 0 amide bonds. The summed E-state index contributed by atoms with van der Waals surface area (Å²) < 4.78 is 13.4. The third-order valence-corrected chi connectivity index (χ3v) is 4.11. The number of hydrogen-bond donors (Lipinski definition) is 1. The van der Waals surface area contributed by atoms with Crippen LogP contribution in [0.1, 0.15) is 38.2 Å². The molecule has 1 aliphatic carbocycles. The van der Waals surface area contributed by atoms with E-state index in [1.165, 1.54) is 25.7 Å². The number of benzene rings is 1. The molecule has 100 valence electrons. The van der Waals surface area contributed by atoms with Crippen molar-refractivity contribution in [2.75, 3.05) is 6.54 Å². The van der Waals surface area contributed by atoms with Gasteiger partial charge in [0, 0.05) is 6.04 Å². The molecule has 1 aromatic carbocycles. The van der Waals surface area contributed by atoms with Crippen LogP contribution in [0, 0.1) is 11.7 Å². The maximum atomic E-state index is 13.4. The molecule has 1 aromatic rings. The van der Waals surface area contributed by atoms with Crippen LogP contribution < -0.4 is 5.32 Å². The second-order valence-corrected chi connectivity index (χ2v) is 5.65. The van der Waals surface area contributed by atoms with E-state index in [1.54, 1.807) is 12.1 Å². The van der Waals surface area contributed by atoms with Gasteiger partial charge in [-0.05, 0) is 43.0 Å². The Balaban J connectivity index is 1.95. The Hall–Kier alpha value is -0.600. The minimum atomic E-state index is -0.312. The van der Waals surface area contributed by atoms with Crippen molar-refractivity contribution in [1.29, 1.82) is 0 Å². The number of nitrogens with one attached hydrogen (secondary N) is 1. The Morgan fingerprint density at radius 1 is 1.44 bits per heavy atom. The molecule has 1 nitrogen and oxygen atoms in total. The lowest BCUT2D eigenvalue weighted by Gasteiger charge is -2.30. The monoisotopic (exact) mass is 269 g/mol. The number of rotatable bonds is 6. The van der Waals surface area contributed by atoms with E-state index in [-0.39, 0.29) is 10.8 Å². The molecule has 0 aliphatic heterocycles. The largest absolute Gasteiger partial charge is 0.314 e. The maximum absolute atomic E-state index is 13.4. The van der Waals surface area contributed by atoms with Gasteiger partial charge in [0.2, 0.25) is 0 Å². The molecule has 1 aliphatic rings. The molecule has 0 saturated heterocycles. The quantitative estimate of drug-likeness (QED) is 0.817. The fourth-order valence-corrected chi connectivity index (χ4v) is 2.73. The van der Waals surface area contributed by atoms with Crippen LogP contribution in [0.15, 0.2) is 18.2 Å². The molecule has 1 atom stereocenters. The lowest BCUT2D eigenvalue weighted by molar-refractivity contribution is 0.260. The predicted octanol–water partition coefficient (Wildman–Crippen LogP) is 4.19. The molecular weight excluding hydrogens is 249 g/mol. The van der Waals surface area contributed by atoms with Gasteiger partial charge in [0.25, 0.3) is 0 Å². The average molecular weight is 270 g/mol. The van der Waals surface area contributed by atoms with Gasteiger partial charge in [-0.2, -0.15) is 0 Å². The fraction of sp³-hybridized carbons (Fsp3) is 0.600. The van der Waals surface area contributed by atoms with E-state index in [9.17, 15) is 4.39 Å². The van der Waals surface area contributed by atoms with Crippen molar-refractivity contribution < 1.29 is 4.39 Å². The lowest BCUT2D eigenvalue weighted by Crippen LogP contribution is -2.34. The van der Waals surface area contributed by atoms with Crippen molar-refractivity contribution in [3.05, 3.63) is 34.6 Å². The van der Waals surface area contributed by atoms with Gasteiger partial charge in [-0.25, -0.2) is 4.39 Å². The Morgan fingerprint density at radius 2 is 2.22 bits per heavy atom. The summed E-state index contributed by atoms with van der Waals surface area (Å²) in [6.07, 6.45) is 6.18. The van der Waals surface area contributed by atoms with Crippen LogP contribution in [0.25, 0.3) is 0 Å². The highest BCUT2D eigenvalue weighted by Gasteiger charge is 2.21. The highest BCUT2D eigenvalue weighted by molar-refractivity contribution is 6.30. The van der Waals surface area contributed by atoms with Gasteiger partial charge < -0.3 is 5.32 Å². The molecule has 1 N–H and O–H groups in total. The van der Waals surface area contributed by atoms with Crippen LogP contribution in [-0.4, -0.2) is 12.6 Å². The normalized spacial score (nSPS) is 17.5. The molecule has 0 spiro atoms. The van der Waals surface area contributed by atoms with Crippen LogP contribution in [0.4, 0.5) is 4.39 Å². The zero-order chi connectivity index (χ0) is 13.0. The Morgan fingerprint density at radius 3 is 2.78 bits per heavy atom. The Labute approximate surface area is 114 Å². The van der Waals surface area contributed by atoms with Crippen molar-refractivity contribution in [3.63, 3.8) is 0 Å². The van der Waals surface area contributed by atoms with E-state index in [0.717, 1.165) is 24.4 Å². The molecule has 3 heteroatoms. The van der Waals surface area contributed by atoms with Gasteiger partial charge in [0.1, 0.15) is 5.82 Å². The average Bonchev–Trinajstić information content (AvgIpc) is 2.29. The second-order valence-electron chi connectivity index (χ2n) is 5.24. The first-order valence-corrected chi connectivity index (χ1v) is 7.24. The highest BCUT2D eigenvalue weighted by Crippen LogP contribution is 2.31. The number of likely N-dealkylation sites (N-methyl/N-ethyl adjacent to an activating group) is 1. The minimum absolute atomic E-state index is 0.206. The van der Waals surface area contributed by atoms with E-state index in [4.69, 9.17) is 11.6 Å². The van der Waals surface area contributed by atoms with Crippen molar-refractivity contribution >= 4 is 11.6 Å². The van der Waals surface area contributed by atoms with Crippen molar-refractivity contribution in [2.24, 2.45) is 5.92 Å². The zero-order valence-electron chi connectivity index (χ0n) is 10.9. The summed E-state index contributed by atoms with van der Waals surface area (Å²) in [5.74, 6) is 0.555. The van der Waals surface area contributed by atoms with Crippen LogP contribution in [0.2, 0.25) is 5.02 Å². The molecule has 1 fully saturated rings. The van der Waals surface area contributed by atoms with Gasteiger partial charge in [-0.3, -0.25) is 0 Å². The molecular formula is C15H21ClFN. The Kier molecular flexibility index (Phi) is 5.02. The Bertz CT molecular complexity index is 390. The molecule has 1 saturated carbocycles. The third kappa shape index (κ3) is 3.69. The first-order chi connectivity index (χ1) is 8.69. The standard InChI is InChI=1S/C15H21ClFN/c1-2-18-13(8-11-4-3-5-11)9-12-6-7-14(16)15(17)10-12/h6-7,10-11,13,18H,2-5,8-9H2,1H3. The summed E-state index contributed by atoms with van der Waals surface area (Å²) >= 11 is 5.70. The maximum Gasteiger partial charge on any atom is 0.142 e. The van der Waals surface area contributed by atoms with Crippen molar-refractivity contribution in [3.8, 4) is 0 Å². The summed E-state index contributed by atoms with van der Waals surface area (Å²) in [6.45, 7) is 3.09. The van der Waals surface area contributed by atoms with Crippen LogP contribution in [-0.2, 0) is 6.42 Å². The summed E-state index contributed by atoms with van der Waals surface area (Å²) in [6, 6.07) is 5.60. The van der Waals surface area contributed by atoms with E-state index in [2.05, 4.69) is 12.2 Å². The summed E-state index contributed by atoms with van der Waals surface area (Å²) in [5.41, 5.74) is 1.03. The molecule has 0 bridgehead atoms. The summed E-state index contributed by atoms with van der Waals surface area (Å²) in [7, 11) is 0. The third-order valence-electron chi connectivity index (χ3n) is 3.80. The number of halogens is 2. The topological polar surface area (TPSA) is 12.0 Å². The van der Waals surface area contributed by atoms with Crippen LogP contribution in [0.5, 0.6) is 0 Å². The summed E-state index contributed by atoms with van der Waals surface area (Å²) in [5, 5.41) is 3.72. The molecule has 0 aromatic heterocycles. The van der Waals surface area contributed by atoms with E-state index < -0.39 is 0 Å². The van der Waals surface area contributed by atoms with Crippen molar-refractivity contribution in [1.82, 2.24) is 5.32 Å². The second kappa shape index (κ2) is 6.53. The molecule has 0 radical (unpaired) electrons. The van der Waals surface area contributed by atoms with Crippen LogP contribution in [0.3, 0.4) is 0 Å². The van der Waals surface area contributed by atoms with E-state index in [0.29, 0.717) is 6.04 Å². The van der Waals surface area contributed by atoms with Crippen molar-refractivity contribution in [2.45, 2.75) is 45.1 Å². The van der Waals surface area contributed by atoms with Gasteiger partial charge in [0.05, 0.1) is 5.02 Å². The minimum Gasteiger partial charge on any atom is -0.314 e. The predicted molar refractivity (Wildman–Crippen MR) is 74.5 cm³/mol. The zero-order valence-corrected chi connectivity index (χ0v) is 11.6. The first kappa shape index (κ1) is 13.8. The highest BCUT2D eigenvalue weighted by atomic mass is 35.5. The fourth-order valence-electron chi connectivity index (χ4n) is 2.61. The van der Waals surface area contributed by atoms with Gasteiger partial charge in [0.15, 0.2) is 0 Å². The SMILES string of the molecule is CCNC(Cc1ccc(Cl)c(F)c1)CC1CCC1. The lowest BCUT2D eigenvalue weighted by atomic mass is 9.80. The van der Waals surface area contributed by atoms with E-state index >= 15 is 0 Å². The summed E-state index contributed by atoms with van der Waals surface area (Å²) in [4.78, 5) is 0. The molecule has 1 unspecified atom stereocenters. The van der Waals surface area contributed by atoms with E-state index in [1.807, 2.05) is 6.07 Å². The molecule has 2 rings (SSSR count). The molecule has 0 heterocycles. The van der Waals surface area contributed by atoms with Gasteiger partial charge >= 0.3 is 0 Å². The molecule has 18 heavy (non-hydrogen) atoms. The first-order valence-electron chi connectivity index (χ1n) is 6.86. The number of hydrogen-bond acceptors (Lipinski definition) is 1.